The Kier molecular flexibility index (Phi) is 4.96. The van der Waals surface area contributed by atoms with Gasteiger partial charge in [0.05, 0.1) is 13.2 Å². The first-order valence-electron chi connectivity index (χ1n) is 6.64. The maximum Gasteiger partial charge on any atom is 0.162 e. The van der Waals surface area contributed by atoms with Gasteiger partial charge in [-0.2, -0.15) is 0 Å². The van der Waals surface area contributed by atoms with Gasteiger partial charge in [-0.15, -0.1) is 11.8 Å². The maximum atomic E-state index is 5.75. The standard InChI is InChI=1S/C15H28O2S/c1-12(18-9-8-13(2,3)4)15(7)10-16-14(5,6)17-11-15/h1,8-11H2,2-7H3. The van der Waals surface area contributed by atoms with Crippen LogP contribution < -0.4 is 0 Å². The van der Waals surface area contributed by atoms with Crippen LogP contribution in [0.15, 0.2) is 11.5 Å². The number of hydrogen-bond donors (Lipinski definition) is 0. The number of ether oxygens (including phenoxy) is 2. The number of rotatable bonds is 4. The molecule has 1 fully saturated rings. The van der Waals surface area contributed by atoms with Gasteiger partial charge >= 0.3 is 0 Å². The fraction of sp³-hybridized carbons (Fsp3) is 0.867. The fourth-order valence-corrected chi connectivity index (χ4v) is 2.99. The second kappa shape index (κ2) is 5.56. The lowest BCUT2D eigenvalue weighted by Gasteiger charge is -2.42. The molecule has 0 unspecified atom stereocenters. The summed E-state index contributed by atoms with van der Waals surface area (Å²) in [6.45, 7) is 18.5. The Hall–Kier alpha value is 0.01000. The lowest BCUT2D eigenvalue weighted by atomic mass is 9.91. The third-order valence-corrected chi connectivity index (χ3v) is 4.53. The van der Waals surface area contributed by atoms with Crippen LogP contribution in [0.1, 0.15) is 48.0 Å². The van der Waals surface area contributed by atoms with Gasteiger partial charge in [0.25, 0.3) is 0 Å². The van der Waals surface area contributed by atoms with E-state index in [4.69, 9.17) is 9.47 Å². The molecule has 0 saturated carbocycles. The largest absolute Gasteiger partial charge is 0.350 e. The van der Waals surface area contributed by atoms with Crippen LogP contribution in [0.4, 0.5) is 0 Å². The van der Waals surface area contributed by atoms with Crippen molar-refractivity contribution >= 4 is 11.8 Å². The molecular weight excluding hydrogens is 244 g/mol. The smallest absolute Gasteiger partial charge is 0.162 e. The zero-order valence-corrected chi connectivity index (χ0v) is 13.6. The van der Waals surface area contributed by atoms with Gasteiger partial charge in [0.1, 0.15) is 0 Å². The van der Waals surface area contributed by atoms with E-state index < -0.39 is 5.79 Å². The van der Waals surface area contributed by atoms with Crippen molar-refractivity contribution < 1.29 is 9.47 Å². The highest BCUT2D eigenvalue weighted by Crippen LogP contribution is 2.40. The van der Waals surface area contributed by atoms with E-state index in [1.165, 1.54) is 11.3 Å². The van der Waals surface area contributed by atoms with Crippen molar-refractivity contribution in [3.8, 4) is 0 Å². The zero-order valence-electron chi connectivity index (χ0n) is 12.8. The Bertz CT molecular complexity index is 292. The van der Waals surface area contributed by atoms with E-state index in [0.717, 1.165) is 5.75 Å². The average molecular weight is 272 g/mol. The van der Waals surface area contributed by atoms with Gasteiger partial charge < -0.3 is 9.47 Å². The summed E-state index contributed by atoms with van der Waals surface area (Å²) in [5.74, 6) is 0.664. The quantitative estimate of drug-likeness (QED) is 0.753. The summed E-state index contributed by atoms with van der Waals surface area (Å²) >= 11 is 1.85. The molecule has 106 valence electrons. The first kappa shape index (κ1) is 16.1. The molecule has 0 amide bonds. The molecule has 1 saturated heterocycles. The molecule has 0 radical (unpaired) electrons. The number of hydrogen-bond acceptors (Lipinski definition) is 3. The van der Waals surface area contributed by atoms with Gasteiger partial charge in [0.15, 0.2) is 5.79 Å². The molecule has 0 spiro atoms. The molecule has 0 aliphatic carbocycles. The molecule has 0 aromatic rings. The van der Waals surface area contributed by atoms with Crippen molar-refractivity contribution in [1.29, 1.82) is 0 Å². The highest BCUT2D eigenvalue weighted by Gasteiger charge is 2.38. The minimum absolute atomic E-state index is 0.0575. The van der Waals surface area contributed by atoms with E-state index in [1.807, 2.05) is 25.6 Å². The Morgan fingerprint density at radius 3 is 2.11 bits per heavy atom. The minimum atomic E-state index is -0.449. The third kappa shape index (κ3) is 4.94. The topological polar surface area (TPSA) is 18.5 Å². The summed E-state index contributed by atoms with van der Waals surface area (Å²) in [4.78, 5) is 1.18. The summed E-state index contributed by atoms with van der Waals surface area (Å²) in [6.07, 6.45) is 1.19. The summed E-state index contributed by atoms with van der Waals surface area (Å²) < 4.78 is 11.5. The lowest BCUT2D eigenvalue weighted by molar-refractivity contribution is -0.274. The summed E-state index contributed by atoms with van der Waals surface area (Å²) in [6, 6.07) is 0. The molecule has 3 heteroatoms. The Labute approximate surface area is 117 Å². The van der Waals surface area contributed by atoms with Crippen LogP contribution in [0.25, 0.3) is 0 Å². The van der Waals surface area contributed by atoms with Gasteiger partial charge in [-0.3, -0.25) is 0 Å². The van der Waals surface area contributed by atoms with E-state index in [9.17, 15) is 0 Å². The summed E-state index contributed by atoms with van der Waals surface area (Å²) in [7, 11) is 0. The van der Waals surface area contributed by atoms with Crippen molar-refractivity contribution in [1.82, 2.24) is 0 Å². The molecule has 1 aliphatic rings. The van der Waals surface area contributed by atoms with Crippen molar-refractivity contribution in [2.24, 2.45) is 10.8 Å². The highest BCUT2D eigenvalue weighted by atomic mass is 32.2. The van der Waals surface area contributed by atoms with Gasteiger partial charge in [0.2, 0.25) is 0 Å². The highest BCUT2D eigenvalue weighted by molar-refractivity contribution is 8.03. The Balaban J connectivity index is 2.42. The molecule has 0 atom stereocenters. The molecule has 2 nitrogen and oxygen atoms in total. The Morgan fingerprint density at radius 1 is 1.17 bits per heavy atom. The molecule has 1 heterocycles. The van der Waals surface area contributed by atoms with Crippen LogP contribution in [-0.4, -0.2) is 24.8 Å². The predicted octanol–water partition coefficient (Wildman–Crippen LogP) is 4.46. The molecule has 1 aliphatic heterocycles. The van der Waals surface area contributed by atoms with Crippen molar-refractivity contribution in [2.45, 2.75) is 53.8 Å². The fourth-order valence-electron chi connectivity index (χ4n) is 1.57. The predicted molar refractivity (Wildman–Crippen MR) is 79.8 cm³/mol. The van der Waals surface area contributed by atoms with Crippen LogP contribution in [0.5, 0.6) is 0 Å². The van der Waals surface area contributed by atoms with Crippen molar-refractivity contribution in [3.63, 3.8) is 0 Å². The first-order chi connectivity index (χ1) is 8.04. The SMILES string of the molecule is C=C(SCCC(C)(C)C)C1(C)COC(C)(C)OC1. The minimum Gasteiger partial charge on any atom is -0.350 e. The monoisotopic (exact) mass is 272 g/mol. The van der Waals surface area contributed by atoms with E-state index in [2.05, 4.69) is 34.3 Å². The first-order valence-corrected chi connectivity index (χ1v) is 7.63. The Morgan fingerprint density at radius 2 is 1.67 bits per heavy atom. The van der Waals surface area contributed by atoms with Gasteiger partial charge in [0, 0.05) is 5.41 Å². The van der Waals surface area contributed by atoms with Crippen LogP contribution in [0.2, 0.25) is 0 Å². The van der Waals surface area contributed by atoms with Gasteiger partial charge in [-0.1, -0.05) is 34.3 Å². The molecule has 0 N–H and O–H groups in total. The second-order valence-corrected chi connectivity index (χ2v) is 8.31. The van der Waals surface area contributed by atoms with Crippen molar-refractivity contribution in [3.05, 3.63) is 11.5 Å². The molecule has 0 aromatic heterocycles. The van der Waals surface area contributed by atoms with E-state index in [1.54, 1.807) is 0 Å². The maximum absolute atomic E-state index is 5.75. The van der Waals surface area contributed by atoms with Crippen molar-refractivity contribution in [2.75, 3.05) is 19.0 Å². The summed E-state index contributed by atoms with van der Waals surface area (Å²) in [5.41, 5.74) is 0.327. The third-order valence-electron chi connectivity index (χ3n) is 3.28. The average Bonchev–Trinajstić information content (AvgIpc) is 2.21. The van der Waals surface area contributed by atoms with E-state index >= 15 is 0 Å². The molecule has 0 aromatic carbocycles. The summed E-state index contributed by atoms with van der Waals surface area (Å²) in [5, 5.41) is 0. The molecule has 1 rings (SSSR count). The number of thioether (sulfide) groups is 1. The zero-order chi connectivity index (χ0) is 14.0. The normalized spacial score (nSPS) is 22.8. The van der Waals surface area contributed by atoms with Crippen LogP contribution >= 0.6 is 11.8 Å². The van der Waals surface area contributed by atoms with E-state index in [-0.39, 0.29) is 5.41 Å². The van der Waals surface area contributed by atoms with Gasteiger partial charge in [-0.05, 0) is 36.3 Å². The molecule has 18 heavy (non-hydrogen) atoms. The van der Waals surface area contributed by atoms with Gasteiger partial charge in [-0.25, -0.2) is 0 Å². The van der Waals surface area contributed by atoms with Crippen LogP contribution in [-0.2, 0) is 9.47 Å². The van der Waals surface area contributed by atoms with Crippen LogP contribution in [0, 0.1) is 10.8 Å². The van der Waals surface area contributed by atoms with Crippen LogP contribution in [0.3, 0.4) is 0 Å². The lowest BCUT2D eigenvalue weighted by Crippen LogP contribution is -2.45. The molecule has 0 bridgehead atoms. The molecular formula is C15H28O2S. The van der Waals surface area contributed by atoms with E-state index in [0.29, 0.717) is 18.6 Å². The second-order valence-electron chi connectivity index (χ2n) is 7.12.